The van der Waals surface area contributed by atoms with Crippen molar-refractivity contribution in [3.05, 3.63) is 17.0 Å². The Morgan fingerprint density at radius 2 is 2.15 bits per heavy atom. The molecule has 1 unspecified atom stereocenters. The predicted octanol–water partition coefficient (Wildman–Crippen LogP) is 0.892. The smallest absolute Gasteiger partial charge is 0.234 e. The third-order valence-electron chi connectivity index (χ3n) is 3.90. The molecule has 1 atom stereocenters. The summed E-state index contributed by atoms with van der Waals surface area (Å²) in [5.74, 6) is 0.798. The van der Waals surface area contributed by atoms with Crippen molar-refractivity contribution in [2.75, 3.05) is 19.6 Å². The molecule has 0 spiro atoms. The van der Waals surface area contributed by atoms with Gasteiger partial charge in [0, 0.05) is 24.7 Å². The molecule has 1 aliphatic rings. The Bertz CT molecular complexity index is 444. The number of hydrogen-bond acceptors (Lipinski definition) is 5. The van der Waals surface area contributed by atoms with Crippen LogP contribution in [0.25, 0.3) is 0 Å². The third kappa shape index (κ3) is 3.58. The molecule has 1 saturated heterocycles. The summed E-state index contributed by atoms with van der Waals surface area (Å²) in [6.45, 7) is 7.93. The Labute approximate surface area is 119 Å². The van der Waals surface area contributed by atoms with E-state index >= 15 is 0 Å². The first kappa shape index (κ1) is 15.0. The molecule has 3 N–H and O–H groups in total. The predicted molar refractivity (Wildman–Crippen MR) is 76.2 cm³/mol. The molecular formula is C14H24N4O2. The monoisotopic (exact) mass is 280 g/mol. The summed E-state index contributed by atoms with van der Waals surface area (Å²) in [6.07, 6.45) is 1.93. The minimum absolute atomic E-state index is 0.0352. The molecule has 0 radical (unpaired) electrons. The SMILES string of the molecule is Cc1noc(C)c1C(C)NC(=O)CN1CCC(N)CC1. The van der Waals surface area contributed by atoms with E-state index in [1.54, 1.807) is 0 Å². The van der Waals surface area contributed by atoms with Crippen LogP contribution in [0.5, 0.6) is 0 Å². The summed E-state index contributed by atoms with van der Waals surface area (Å²) < 4.78 is 5.13. The lowest BCUT2D eigenvalue weighted by atomic mass is 10.1. The van der Waals surface area contributed by atoms with Gasteiger partial charge in [0.15, 0.2) is 0 Å². The lowest BCUT2D eigenvalue weighted by molar-refractivity contribution is -0.123. The number of aryl methyl sites for hydroxylation is 2. The number of aromatic nitrogens is 1. The van der Waals surface area contributed by atoms with Gasteiger partial charge in [-0.3, -0.25) is 9.69 Å². The van der Waals surface area contributed by atoms with E-state index in [0.29, 0.717) is 6.54 Å². The normalized spacial score (nSPS) is 19.0. The second kappa shape index (κ2) is 6.37. The molecule has 0 aromatic carbocycles. The maximum atomic E-state index is 12.1. The maximum absolute atomic E-state index is 12.1. The van der Waals surface area contributed by atoms with E-state index in [9.17, 15) is 4.79 Å². The number of likely N-dealkylation sites (tertiary alicyclic amines) is 1. The van der Waals surface area contributed by atoms with Crippen molar-refractivity contribution in [3.63, 3.8) is 0 Å². The van der Waals surface area contributed by atoms with Gasteiger partial charge in [-0.25, -0.2) is 0 Å². The van der Waals surface area contributed by atoms with Gasteiger partial charge < -0.3 is 15.6 Å². The van der Waals surface area contributed by atoms with Gasteiger partial charge in [0.05, 0.1) is 18.3 Å². The number of nitrogens with one attached hydrogen (secondary N) is 1. The number of carbonyl (C=O) groups is 1. The van der Waals surface area contributed by atoms with Crippen LogP contribution in [0.15, 0.2) is 4.52 Å². The fourth-order valence-corrected chi connectivity index (χ4v) is 2.78. The number of rotatable bonds is 4. The van der Waals surface area contributed by atoms with E-state index in [0.717, 1.165) is 42.9 Å². The van der Waals surface area contributed by atoms with E-state index in [1.165, 1.54) is 0 Å². The van der Waals surface area contributed by atoms with Crippen LogP contribution in [0.1, 0.15) is 42.8 Å². The average molecular weight is 280 g/mol. The summed E-state index contributed by atoms with van der Waals surface area (Å²) in [4.78, 5) is 14.2. The number of piperidine rings is 1. The van der Waals surface area contributed by atoms with Crippen molar-refractivity contribution in [1.82, 2.24) is 15.4 Å². The van der Waals surface area contributed by atoms with Gasteiger partial charge in [-0.2, -0.15) is 0 Å². The Morgan fingerprint density at radius 1 is 1.50 bits per heavy atom. The first-order valence-electron chi connectivity index (χ1n) is 7.17. The number of nitrogens with zero attached hydrogens (tertiary/aromatic N) is 2. The van der Waals surface area contributed by atoms with Gasteiger partial charge in [-0.05, 0) is 33.6 Å². The highest BCUT2D eigenvalue weighted by molar-refractivity contribution is 5.78. The van der Waals surface area contributed by atoms with Crippen LogP contribution in [0.3, 0.4) is 0 Å². The zero-order valence-corrected chi connectivity index (χ0v) is 12.5. The highest BCUT2D eigenvalue weighted by Gasteiger charge is 2.21. The minimum Gasteiger partial charge on any atom is -0.361 e. The molecule has 0 saturated carbocycles. The third-order valence-corrected chi connectivity index (χ3v) is 3.90. The van der Waals surface area contributed by atoms with Crippen LogP contribution in [0.2, 0.25) is 0 Å². The molecule has 2 rings (SSSR count). The van der Waals surface area contributed by atoms with E-state index < -0.39 is 0 Å². The van der Waals surface area contributed by atoms with Crippen LogP contribution in [-0.2, 0) is 4.79 Å². The Balaban J connectivity index is 1.85. The molecule has 1 aromatic heterocycles. The molecule has 1 fully saturated rings. The minimum atomic E-state index is -0.0826. The van der Waals surface area contributed by atoms with Crippen molar-refractivity contribution < 1.29 is 9.32 Å². The molecule has 0 bridgehead atoms. The zero-order valence-electron chi connectivity index (χ0n) is 12.5. The quantitative estimate of drug-likeness (QED) is 0.855. The van der Waals surface area contributed by atoms with Gasteiger partial charge in [-0.1, -0.05) is 5.16 Å². The first-order chi connectivity index (χ1) is 9.47. The highest BCUT2D eigenvalue weighted by atomic mass is 16.5. The molecular weight excluding hydrogens is 256 g/mol. The van der Waals surface area contributed by atoms with Gasteiger partial charge >= 0.3 is 0 Å². The summed E-state index contributed by atoms with van der Waals surface area (Å²) in [5, 5.41) is 6.93. The molecule has 20 heavy (non-hydrogen) atoms. The lowest BCUT2D eigenvalue weighted by Crippen LogP contribution is -2.45. The molecule has 1 aliphatic heterocycles. The van der Waals surface area contributed by atoms with Gasteiger partial charge in [0.25, 0.3) is 0 Å². The Morgan fingerprint density at radius 3 is 2.70 bits per heavy atom. The molecule has 0 aliphatic carbocycles. The van der Waals surface area contributed by atoms with Crippen LogP contribution in [0.4, 0.5) is 0 Å². The van der Waals surface area contributed by atoms with Gasteiger partial charge in [0.2, 0.25) is 5.91 Å². The number of carbonyl (C=O) groups excluding carboxylic acids is 1. The first-order valence-corrected chi connectivity index (χ1v) is 7.17. The molecule has 2 heterocycles. The number of amides is 1. The second-order valence-corrected chi connectivity index (χ2v) is 5.64. The molecule has 1 amide bonds. The number of hydrogen-bond donors (Lipinski definition) is 2. The molecule has 6 nitrogen and oxygen atoms in total. The fraction of sp³-hybridized carbons (Fsp3) is 0.714. The van der Waals surface area contributed by atoms with Crippen molar-refractivity contribution in [2.24, 2.45) is 5.73 Å². The zero-order chi connectivity index (χ0) is 14.7. The largest absolute Gasteiger partial charge is 0.361 e. The molecule has 6 heteroatoms. The van der Waals surface area contributed by atoms with Crippen LogP contribution in [-0.4, -0.2) is 41.6 Å². The van der Waals surface area contributed by atoms with E-state index in [-0.39, 0.29) is 18.0 Å². The lowest BCUT2D eigenvalue weighted by Gasteiger charge is -2.29. The van der Waals surface area contributed by atoms with Gasteiger partial charge in [-0.15, -0.1) is 0 Å². The van der Waals surface area contributed by atoms with Crippen LogP contribution >= 0.6 is 0 Å². The second-order valence-electron chi connectivity index (χ2n) is 5.64. The summed E-state index contributed by atoms with van der Waals surface area (Å²) in [6, 6.07) is 0.205. The fourth-order valence-electron chi connectivity index (χ4n) is 2.78. The van der Waals surface area contributed by atoms with Gasteiger partial charge in [0.1, 0.15) is 5.76 Å². The standard InChI is InChI=1S/C14H24N4O2/c1-9(14-10(2)17-20-11(14)3)16-13(19)8-18-6-4-12(15)5-7-18/h9,12H,4-8,15H2,1-3H3,(H,16,19). The molecule has 112 valence electrons. The van der Waals surface area contributed by atoms with Crippen molar-refractivity contribution in [3.8, 4) is 0 Å². The summed E-state index contributed by atoms with van der Waals surface area (Å²) >= 11 is 0. The highest BCUT2D eigenvalue weighted by Crippen LogP contribution is 2.20. The van der Waals surface area contributed by atoms with E-state index in [4.69, 9.17) is 10.3 Å². The molecule has 1 aromatic rings. The van der Waals surface area contributed by atoms with Crippen molar-refractivity contribution >= 4 is 5.91 Å². The van der Waals surface area contributed by atoms with E-state index in [2.05, 4.69) is 15.4 Å². The van der Waals surface area contributed by atoms with Crippen LogP contribution < -0.4 is 11.1 Å². The number of nitrogens with two attached hydrogens (primary N) is 1. The topological polar surface area (TPSA) is 84.4 Å². The van der Waals surface area contributed by atoms with Crippen LogP contribution in [0, 0.1) is 13.8 Å². The summed E-state index contributed by atoms with van der Waals surface area (Å²) in [7, 11) is 0. The Kier molecular flexibility index (Phi) is 4.77. The maximum Gasteiger partial charge on any atom is 0.234 e. The van der Waals surface area contributed by atoms with Crippen molar-refractivity contribution in [1.29, 1.82) is 0 Å². The van der Waals surface area contributed by atoms with E-state index in [1.807, 2.05) is 20.8 Å². The Hall–Kier alpha value is -1.40. The summed E-state index contributed by atoms with van der Waals surface area (Å²) in [5.41, 5.74) is 7.67. The average Bonchev–Trinajstić information content (AvgIpc) is 2.72. The van der Waals surface area contributed by atoms with Crippen molar-refractivity contribution in [2.45, 2.75) is 45.7 Å².